The second-order valence-electron chi connectivity index (χ2n) is 3.48. The van der Waals surface area contributed by atoms with Crippen LogP contribution in [-0.2, 0) is 6.54 Å². The summed E-state index contributed by atoms with van der Waals surface area (Å²) in [5.41, 5.74) is 2.31. The Balaban J connectivity index is 2.89. The number of fused-ring (bicyclic) bond motifs is 1. The van der Waals surface area contributed by atoms with Crippen molar-refractivity contribution >= 4 is 10.9 Å². The molecule has 0 atom stereocenters. The fourth-order valence-electron chi connectivity index (χ4n) is 1.75. The van der Waals surface area contributed by atoms with E-state index >= 15 is 0 Å². The standard InChI is InChI=1S/C12H13NO/c1-3-13-11-6-4-9(2)8-10(11)5-7-12(13)14/h4-8H,3H2,1-2H3. The van der Waals surface area contributed by atoms with E-state index < -0.39 is 0 Å². The Kier molecular flexibility index (Phi) is 2.12. The lowest BCUT2D eigenvalue weighted by Crippen LogP contribution is -2.17. The maximum Gasteiger partial charge on any atom is 0.250 e. The molecule has 2 nitrogen and oxygen atoms in total. The first-order valence-electron chi connectivity index (χ1n) is 4.82. The Hall–Kier alpha value is -1.57. The number of pyridine rings is 1. The van der Waals surface area contributed by atoms with Crippen molar-refractivity contribution in [2.45, 2.75) is 20.4 Å². The van der Waals surface area contributed by atoms with Crippen LogP contribution in [-0.4, -0.2) is 4.57 Å². The van der Waals surface area contributed by atoms with E-state index in [0.29, 0.717) is 0 Å². The molecule has 2 aromatic rings. The van der Waals surface area contributed by atoms with Gasteiger partial charge in [0.15, 0.2) is 0 Å². The molecule has 2 heteroatoms. The van der Waals surface area contributed by atoms with Gasteiger partial charge >= 0.3 is 0 Å². The largest absolute Gasteiger partial charge is 0.309 e. The van der Waals surface area contributed by atoms with Gasteiger partial charge in [-0.2, -0.15) is 0 Å². The third-order valence-electron chi connectivity index (χ3n) is 2.46. The zero-order valence-electron chi connectivity index (χ0n) is 8.45. The zero-order chi connectivity index (χ0) is 10.1. The van der Waals surface area contributed by atoms with Crippen LogP contribution in [0, 0.1) is 6.92 Å². The van der Waals surface area contributed by atoms with E-state index in [1.54, 1.807) is 10.6 Å². The molecule has 0 aliphatic rings. The van der Waals surface area contributed by atoms with Crippen LogP contribution in [0.25, 0.3) is 10.9 Å². The molecule has 0 amide bonds. The van der Waals surface area contributed by atoms with E-state index in [4.69, 9.17) is 0 Å². The second kappa shape index (κ2) is 3.29. The van der Waals surface area contributed by atoms with Crippen molar-refractivity contribution in [3.63, 3.8) is 0 Å². The van der Waals surface area contributed by atoms with Crippen molar-refractivity contribution in [1.82, 2.24) is 4.57 Å². The van der Waals surface area contributed by atoms with E-state index in [0.717, 1.165) is 17.4 Å². The molecule has 0 aliphatic heterocycles. The molecule has 14 heavy (non-hydrogen) atoms. The number of hydrogen-bond donors (Lipinski definition) is 0. The first-order valence-corrected chi connectivity index (χ1v) is 4.82. The molecular weight excluding hydrogens is 174 g/mol. The van der Waals surface area contributed by atoms with Gasteiger partial charge in [0.25, 0.3) is 5.56 Å². The Bertz CT molecular complexity index is 525. The van der Waals surface area contributed by atoms with Crippen molar-refractivity contribution in [2.75, 3.05) is 0 Å². The van der Waals surface area contributed by atoms with Crippen LogP contribution in [0.15, 0.2) is 35.1 Å². The maximum atomic E-state index is 11.5. The van der Waals surface area contributed by atoms with Crippen molar-refractivity contribution < 1.29 is 0 Å². The number of aryl methyl sites for hydroxylation is 2. The summed E-state index contributed by atoms with van der Waals surface area (Å²) < 4.78 is 1.79. The quantitative estimate of drug-likeness (QED) is 0.671. The molecule has 0 N–H and O–H groups in total. The van der Waals surface area contributed by atoms with E-state index in [2.05, 4.69) is 13.0 Å². The highest BCUT2D eigenvalue weighted by Gasteiger charge is 2.00. The molecule has 1 aromatic carbocycles. The minimum Gasteiger partial charge on any atom is -0.309 e. The summed E-state index contributed by atoms with van der Waals surface area (Å²) in [6.45, 7) is 4.76. The molecule has 0 aliphatic carbocycles. The smallest absolute Gasteiger partial charge is 0.250 e. The average Bonchev–Trinajstić information content (AvgIpc) is 2.18. The van der Waals surface area contributed by atoms with Crippen LogP contribution in [0.2, 0.25) is 0 Å². The lowest BCUT2D eigenvalue weighted by molar-refractivity contribution is 0.760. The maximum absolute atomic E-state index is 11.5. The SMILES string of the molecule is CCn1c(=O)ccc2cc(C)ccc21. The van der Waals surface area contributed by atoms with Gasteiger partial charge in [0.05, 0.1) is 5.52 Å². The summed E-state index contributed by atoms with van der Waals surface area (Å²) in [6, 6.07) is 9.66. The van der Waals surface area contributed by atoms with Gasteiger partial charge in [-0.1, -0.05) is 11.6 Å². The van der Waals surface area contributed by atoms with Crippen molar-refractivity contribution in [2.24, 2.45) is 0 Å². The van der Waals surface area contributed by atoms with Gasteiger partial charge in [-0.25, -0.2) is 0 Å². The third-order valence-corrected chi connectivity index (χ3v) is 2.46. The molecule has 0 unspecified atom stereocenters. The molecule has 72 valence electrons. The molecule has 1 aromatic heterocycles. The minimum absolute atomic E-state index is 0.0730. The van der Waals surface area contributed by atoms with E-state index in [9.17, 15) is 4.79 Å². The lowest BCUT2D eigenvalue weighted by Gasteiger charge is -2.07. The minimum atomic E-state index is 0.0730. The van der Waals surface area contributed by atoms with Gasteiger partial charge in [0.1, 0.15) is 0 Å². The summed E-state index contributed by atoms with van der Waals surface area (Å²) in [4.78, 5) is 11.5. The van der Waals surface area contributed by atoms with Crippen molar-refractivity contribution in [3.05, 3.63) is 46.2 Å². The van der Waals surface area contributed by atoms with Crippen LogP contribution in [0.4, 0.5) is 0 Å². The third kappa shape index (κ3) is 1.33. The summed E-state index contributed by atoms with van der Waals surface area (Å²) in [5.74, 6) is 0. The number of rotatable bonds is 1. The fraction of sp³-hybridized carbons (Fsp3) is 0.250. The number of nitrogens with zero attached hydrogens (tertiary/aromatic N) is 1. The lowest BCUT2D eigenvalue weighted by atomic mass is 10.1. The predicted octanol–water partition coefficient (Wildman–Crippen LogP) is 2.33. The van der Waals surface area contributed by atoms with Gasteiger partial charge in [0.2, 0.25) is 0 Å². The van der Waals surface area contributed by atoms with Gasteiger partial charge < -0.3 is 4.57 Å². The normalized spacial score (nSPS) is 10.7. The molecule has 0 radical (unpaired) electrons. The topological polar surface area (TPSA) is 22.0 Å². The van der Waals surface area contributed by atoms with Gasteiger partial charge in [-0.3, -0.25) is 4.79 Å². The van der Waals surface area contributed by atoms with Gasteiger partial charge in [0, 0.05) is 12.6 Å². The predicted molar refractivity (Wildman–Crippen MR) is 58.6 cm³/mol. The zero-order valence-corrected chi connectivity index (χ0v) is 8.45. The monoisotopic (exact) mass is 187 g/mol. The molecule has 0 saturated carbocycles. The number of hydrogen-bond acceptors (Lipinski definition) is 1. The first kappa shape index (κ1) is 9.00. The molecule has 0 fully saturated rings. The van der Waals surface area contributed by atoms with E-state index in [1.165, 1.54) is 5.56 Å². The summed E-state index contributed by atoms with van der Waals surface area (Å²) in [7, 11) is 0. The Labute approximate surface area is 82.8 Å². The fourth-order valence-corrected chi connectivity index (χ4v) is 1.75. The highest BCUT2D eigenvalue weighted by Crippen LogP contribution is 2.13. The van der Waals surface area contributed by atoms with E-state index in [1.807, 2.05) is 25.1 Å². The first-order chi connectivity index (χ1) is 6.72. The second-order valence-corrected chi connectivity index (χ2v) is 3.48. The van der Waals surface area contributed by atoms with Crippen LogP contribution in [0.3, 0.4) is 0 Å². The Morgan fingerprint density at radius 1 is 1.21 bits per heavy atom. The molecule has 0 saturated heterocycles. The molecule has 2 rings (SSSR count). The van der Waals surface area contributed by atoms with Gasteiger partial charge in [-0.05, 0) is 37.4 Å². The summed E-state index contributed by atoms with van der Waals surface area (Å²) in [5, 5.41) is 1.13. The summed E-state index contributed by atoms with van der Waals surface area (Å²) >= 11 is 0. The molecule has 1 heterocycles. The Morgan fingerprint density at radius 2 is 2.00 bits per heavy atom. The molecule has 0 spiro atoms. The van der Waals surface area contributed by atoms with Gasteiger partial charge in [-0.15, -0.1) is 0 Å². The van der Waals surface area contributed by atoms with Crippen molar-refractivity contribution in [3.8, 4) is 0 Å². The van der Waals surface area contributed by atoms with Crippen molar-refractivity contribution in [1.29, 1.82) is 0 Å². The van der Waals surface area contributed by atoms with E-state index in [-0.39, 0.29) is 5.56 Å². The highest BCUT2D eigenvalue weighted by molar-refractivity contribution is 5.79. The number of aromatic nitrogens is 1. The molecule has 0 bridgehead atoms. The Morgan fingerprint density at radius 3 is 2.71 bits per heavy atom. The summed E-state index contributed by atoms with van der Waals surface area (Å²) in [6.07, 6.45) is 0. The van der Waals surface area contributed by atoms with Crippen LogP contribution in [0.5, 0.6) is 0 Å². The highest BCUT2D eigenvalue weighted by atomic mass is 16.1. The average molecular weight is 187 g/mol. The van der Waals surface area contributed by atoms with Crippen LogP contribution >= 0.6 is 0 Å². The van der Waals surface area contributed by atoms with Crippen LogP contribution in [0.1, 0.15) is 12.5 Å². The number of benzene rings is 1. The van der Waals surface area contributed by atoms with Crippen LogP contribution < -0.4 is 5.56 Å². The molecular formula is C12H13NO.